The van der Waals surface area contributed by atoms with Crippen LogP contribution in [0.5, 0.6) is 0 Å². The van der Waals surface area contributed by atoms with E-state index in [1.54, 1.807) is 7.11 Å². The first-order valence-electron chi connectivity index (χ1n) is 6.24. The number of methoxy groups -OCH3 is 1. The Kier molecular flexibility index (Phi) is 4.72. The quantitative estimate of drug-likeness (QED) is 0.748. The van der Waals surface area contributed by atoms with Crippen LogP contribution in [0.3, 0.4) is 0 Å². The van der Waals surface area contributed by atoms with E-state index in [0.29, 0.717) is 24.7 Å². The number of aromatic nitrogens is 1. The van der Waals surface area contributed by atoms with Gasteiger partial charge in [-0.15, -0.1) is 0 Å². The van der Waals surface area contributed by atoms with E-state index in [9.17, 15) is 4.79 Å². The van der Waals surface area contributed by atoms with E-state index >= 15 is 0 Å². The molecule has 100 valence electrons. The van der Waals surface area contributed by atoms with Gasteiger partial charge < -0.3 is 19.8 Å². The Bertz CT molecular complexity index is 386. The summed E-state index contributed by atoms with van der Waals surface area (Å²) in [5.41, 5.74) is 0.340. The number of nitrogens with one attached hydrogen (secondary N) is 2. The predicted octanol–water partition coefficient (Wildman–Crippen LogP) is 0.518. The van der Waals surface area contributed by atoms with Gasteiger partial charge in [0.25, 0.3) is 5.91 Å². The highest BCUT2D eigenvalue weighted by molar-refractivity contribution is 5.91. The number of carbonyl (C=O) groups excluding carboxylic acids is 1. The highest BCUT2D eigenvalue weighted by atomic mass is 16.5. The largest absolute Gasteiger partial charge is 0.448 e. The van der Waals surface area contributed by atoms with Crippen LogP contribution in [0, 0.1) is 0 Å². The molecule has 0 radical (unpaired) electrons. The maximum Gasteiger partial charge on any atom is 0.273 e. The SMILES string of the molecule is COCCNC(=O)c1coc(C2CCCNC2)n1. The van der Waals surface area contributed by atoms with E-state index in [2.05, 4.69) is 15.6 Å². The molecule has 0 aliphatic carbocycles. The minimum atomic E-state index is -0.217. The van der Waals surface area contributed by atoms with Crippen LogP contribution >= 0.6 is 0 Å². The molecule has 18 heavy (non-hydrogen) atoms. The zero-order chi connectivity index (χ0) is 12.8. The number of hydrogen-bond acceptors (Lipinski definition) is 5. The maximum absolute atomic E-state index is 11.7. The topological polar surface area (TPSA) is 76.4 Å². The molecular formula is C12H19N3O3. The third kappa shape index (κ3) is 3.30. The minimum Gasteiger partial charge on any atom is -0.448 e. The smallest absolute Gasteiger partial charge is 0.273 e. The third-order valence-corrected chi connectivity index (χ3v) is 2.99. The van der Waals surface area contributed by atoms with Crippen molar-refractivity contribution in [1.29, 1.82) is 0 Å². The van der Waals surface area contributed by atoms with Crippen LogP contribution in [-0.4, -0.2) is 44.2 Å². The van der Waals surface area contributed by atoms with Crippen LogP contribution < -0.4 is 10.6 Å². The highest BCUT2D eigenvalue weighted by Gasteiger charge is 2.21. The van der Waals surface area contributed by atoms with Gasteiger partial charge in [0.05, 0.1) is 6.61 Å². The Balaban J connectivity index is 1.90. The number of ether oxygens (including phenoxy) is 1. The Labute approximate surface area is 106 Å². The van der Waals surface area contributed by atoms with Crippen molar-refractivity contribution >= 4 is 5.91 Å². The van der Waals surface area contributed by atoms with Gasteiger partial charge in [0.15, 0.2) is 11.6 Å². The zero-order valence-electron chi connectivity index (χ0n) is 10.6. The van der Waals surface area contributed by atoms with Crippen LogP contribution in [0.1, 0.15) is 35.1 Å². The van der Waals surface area contributed by atoms with Crippen LogP contribution in [-0.2, 0) is 4.74 Å². The first kappa shape index (κ1) is 13.0. The molecule has 1 fully saturated rings. The standard InChI is InChI=1S/C12H19N3O3/c1-17-6-5-14-11(16)10-8-18-12(15-10)9-3-2-4-13-7-9/h8-9,13H,2-7H2,1H3,(H,14,16). The fourth-order valence-electron chi connectivity index (χ4n) is 2.00. The summed E-state index contributed by atoms with van der Waals surface area (Å²) in [5.74, 6) is 0.712. The summed E-state index contributed by atoms with van der Waals surface area (Å²) < 4.78 is 10.3. The van der Waals surface area contributed by atoms with Gasteiger partial charge in [-0.3, -0.25) is 4.79 Å². The van der Waals surface area contributed by atoms with Crippen molar-refractivity contribution in [3.63, 3.8) is 0 Å². The molecule has 1 aliphatic rings. The van der Waals surface area contributed by atoms with E-state index in [1.165, 1.54) is 6.26 Å². The molecule has 2 N–H and O–H groups in total. The number of oxazole rings is 1. The minimum absolute atomic E-state index is 0.217. The van der Waals surface area contributed by atoms with E-state index in [-0.39, 0.29) is 11.8 Å². The number of hydrogen-bond donors (Lipinski definition) is 2. The Hall–Kier alpha value is -1.40. The molecule has 1 aromatic rings. The lowest BCUT2D eigenvalue weighted by Gasteiger charge is -2.19. The summed E-state index contributed by atoms with van der Waals surface area (Å²) in [6.07, 6.45) is 3.59. The fraction of sp³-hybridized carbons (Fsp3) is 0.667. The second kappa shape index (κ2) is 6.51. The molecule has 0 bridgehead atoms. The number of nitrogens with zero attached hydrogens (tertiary/aromatic N) is 1. The number of piperidine rings is 1. The molecular weight excluding hydrogens is 234 g/mol. The molecule has 1 saturated heterocycles. The normalized spacial score (nSPS) is 19.7. The van der Waals surface area contributed by atoms with Crippen molar-refractivity contribution < 1.29 is 13.9 Å². The molecule has 6 nitrogen and oxygen atoms in total. The Morgan fingerprint density at radius 3 is 3.33 bits per heavy atom. The lowest BCUT2D eigenvalue weighted by molar-refractivity contribution is 0.0932. The average Bonchev–Trinajstić information content (AvgIpc) is 2.89. The second-order valence-electron chi connectivity index (χ2n) is 4.36. The van der Waals surface area contributed by atoms with Gasteiger partial charge in [-0.25, -0.2) is 4.98 Å². The maximum atomic E-state index is 11.7. The summed E-state index contributed by atoms with van der Waals surface area (Å²) >= 11 is 0. The second-order valence-corrected chi connectivity index (χ2v) is 4.36. The predicted molar refractivity (Wildman–Crippen MR) is 65.6 cm³/mol. The molecule has 0 aromatic carbocycles. The average molecular weight is 253 g/mol. The van der Waals surface area contributed by atoms with Gasteiger partial charge in [0.2, 0.25) is 0 Å². The molecule has 1 amide bonds. The van der Waals surface area contributed by atoms with Gasteiger partial charge in [0.1, 0.15) is 6.26 Å². The zero-order valence-corrected chi connectivity index (χ0v) is 10.6. The van der Waals surface area contributed by atoms with E-state index in [1.807, 2.05) is 0 Å². The van der Waals surface area contributed by atoms with E-state index in [4.69, 9.17) is 9.15 Å². The summed E-state index contributed by atoms with van der Waals surface area (Å²) in [4.78, 5) is 16.0. The fourth-order valence-corrected chi connectivity index (χ4v) is 2.00. The van der Waals surface area contributed by atoms with Gasteiger partial charge in [-0.2, -0.15) is 0 Å². The Morgan fingerprint density at radius 2 is 2.61 bits per heavy atom. The molecule has 1 aromatic heterocycles. The Morgan fingerprint density at radius 1 is 1.72 bits per heavy atom. The summed E-state index contributed by atoms with van der Waals surface area (Å²) in [5, 5.41) is 6.01. The van der Waals surface area contributed by atoms with Crippen LogP contribution in [0.15, 0.2) is 10.7 Å². The van der Waals surface area contributed by atoms with Crippen molar-refractivity contribution in [2.24, 2.45) is 0 Å². The molecule has 1 aliphatic heterocycles. The number of carbonyl (C=O) groups is 1. The van der Waals surface area contributed by atoms with Gasteiger partial charge in [0, 0.05) is 26.1 Å². The summed E-state index contributed by atoms with van der Waals surface area (Å²) in [6, 6.07) is 0. The molecule has 1 unspecified atom stereocenters. The molecule has 0 spiro atoms. The lowest BCUT2D eigenvalue weighted by atomic mass is 10.00. The van der Waals surface area contributed by atoms with Crippen molar-refractivity contribution in [3.05, 3.63) is 17.8 Å². The molecule has 2 heterocycles. The van der Waals surface area contributed by atoms with Gasteiger partial charge >= 0.3 is 0 Å². The van der Waals surface area contributed by atoms with Gasteiger partial charge in [-0.1, -0.05) is 0 Å². The monoisotopic (exact) mass is 253 g/mol. The van der Waals surface area contributed by atoms with Crippen molar-refractivity contribution in [3.8, 4) is 0 Å². The van der Waals surface area contributed by atoms with Gasteiger partial charge in [-0.05, 0) is 19.4 Å². The van der Waals surface area contributed by atoms with Crippen molar-refractivity contribution in [1.82, 2.24) is 15.6 Å². The molecule has 6 heteroatoms. The van der Waals surface area contributed by atoms with E-state index < -0.39 is 0 Å². The summed E-state index contributed by atoms with van der Waals surface area (Å²) in [6.45, 7) is 2.87. The van der Waals surface area contributed by atoms with Crippen LogP contribution in [0.4, 0.5) is 0 Å². The van der Waals surface area contributed by atoms with Crippen molar-refractivity contribution in [2.75, 3.05) is 33.4 Å². The highest BCUT2D eigenvalue weighted by Crippen LogP contribution is 2.22. The number of rotatable bonds is 5. The van der Waals surface area contributed by atoms with E-state index in [0.717, 1.165) is 25.9 Å². The van der Waals surface area contributed by atoms with Crippen molar-refractivity contribution in [2.45, 2.75) is 18.8 Å². The first-order chi connectivity index (χ1) is 8.81. The molecule has 0 saturated carbocycles. The lowest BCUT2D eigenvalue weighted by Crippen LogP contribution is -2.29. The molecule has 2 rings (SSSR count). The third-order valence-electron chi connectivity index (χ3n) is 2.99. The van der Waals surface area contributed by atoms with Crippen LogP contribution in [0.2, 0.25) is 0 Å². The number of amides is 1. The summed E-state index contributed by atoms with van der Waals surface area (Å²) in [7, 11) is 1.59. The first-order valence-corrected chi connectivity index (χ1v) is 6.24. The van der Waals surface area contributed by atoms with Crippen LogP contribution in [0.25, 0.3) is 0 Å². The molecule has 1 atom stereocenters.